The van der Waals surface area contributed by atoms with Gasteiger partial charge in [-0.15, -0.1) is 0 Å². The number of pyridine rings is 1. The largest absolute Gasteiger partial charge is 0.391 e. The van der Waals surface area contributed by atoms with E-state index in [-0.39, 0.29) is 11.9 Å². The molecule has 0 aliphatic heterocycles. The molecule has 1 fully saturated rings. The smallest absolute Gasteiger partial charge is 0.253 e. The molecule has 1 aliphatic carbocycles. The van der Waals surface area contributed by atoms with Gasteiger partial charge in [-0.25, -0.2) is 9.97 Å². The summed E-state index contributed by atoms with van der Waals surface area (Å²) in [6.07, 6.45) is 9.86. The van der Waals surface area contributed by atoms with E-state index in [1.165, 1.54) is 0 Å². The number of aliphatic hydroxyl groups is 1. The third-order valence-corrected chi connectivity index (χ3v) is 3.82. The molecule has 0 aromatic carbocycles. The molecule has 6 nitrogen and oxygen atoms in total. The molecule has 2 heterocycles. The number of carbonyl (C=O) groups is 1. The second-order valence-corrected chi connectivity index (χ2v) is 5.31. The molecule has 110 valence electrons. The molecule has 6 heteroatoms. The van der Waals surface area contributed by atoms with E-state index in [2.05, 4.69) is 15.3 Å². The summed E-state index contributed by atoms with van der Waals surface area (Å²) >= 11 is 0. The first-order chi connectivity index (χ1) is 10.2. The Morgan fingerprint density at radius 3 is 2.86 bits per heavy atom. The number of aromatic nitrogens is 3. The van der Waals surface area contributed by atoms with Crippen molar-refractivity contribution in [3.05, 3.63) is 42.6 Å². The molecule has 0 spiro atoms. The van der Waals surface area contributed by atoms with Crippen LogP contribution in [0.25, 0.3) is 5.82 Å². The van der Waals surface area contributed by atoms with Crippen LogP contribution in [0, 0.1) is 0 Å². The van der Waals surface area contributed by atoms with E-state index in [1.807, 2.05) is 0 Å². The van der Waals surface area contributed by atoms with Crippen LogP contribution in [0.3, 0.4) is 0 Å². The Kier molecular flexibility index (Phi) is 3.96. The third-order valence-electron chi connectivity index (χ3n) is 3.82. The maximum Gasteiger partial charge on any atom is 0.253 e. The summed E-state index contributed by atoms with van der Waals surface area (Å²) in [5.74, 6) is 0.521. The number of nitrogens with one attached hydrogen (secondary N) is 1. The van der Waals surface area contributed by atoms with E-state index < -0.39 is 6.10 Å². The molecule has 0 bridgehead atoms. The standard InChI is InChI=1S/C15H18N4O2/c20-13-4-2-1-3-12(13)18-15(21)11-5-6-14(17-9-11)19-8-7-16-10-19/h5-10,12-13,20H,1-4H2,(H,18,21). The van der Waals surface area contributed by atoms with Crippen molar-refractivity contribution in [2.75, 3.05) is 0 Å². The van der Waals surface area contributed by atoms with Crippen molar-refractivity contribution in [1.29, 1.82) is 0 Å². The molecule has 1 aliphatic rings. The highest BCUT2D eigenvalue weighted by Crippen LogP contribution is 2.18. The quantitative estimate of drug-likeness (QED) is 0.891. The Labute approximate surface area is 122 Å². The van der Waals surface area contributed by atoms with Crippen LogP contribution in [0.4, 0.5) is 0 Å². The number of imidazole rings is 1. The Morgan fingerprint density at radius 2 is 2.19 bits per heavy atom. The van der Waals surface area contributed by atoms with Gasteiger partial charge in [0.1, 0.15) is 12.1 Å². The van der Waals surface area contributed by atoms with Crippen LogP contribution in [0.1, 0.15) is 36.0 Å². The van der Waals surface area contributed by atoms with Crippen molar-refractivity contribution in [2.24, 2.45) is 0 Å². The molecule has 1 amide bonds. The number of hydrogen-bond donors (Lipinski definition) is 2. The van der Waals surface area contributed by atoms with E-state index in [0.29, 0.717) is 11.4 Å². The van der Waals surface area contributed by atoms with E-state index in [0.717, 1.165) is 25.7 Å². The minimum Gasteiger partial charge on any atom is -0.391 e. The number of carbonyl (C=O) groups excluding carboxylic acids is 1. The van der Waals surface area contributed by atoms with Crippen molar-refractivity contribution in [2.45, 2.75) is 37.8 Å². The molecule has 2 aromatic heterocycles. The van der Waals surface area contributed by atoms with Gasteiger partial charge in [0.15, 0.2) is 0 Å². The minimum absolute atomic E-state index is 0.153. The molecule has 2 aromatic rings. The number of aliphatic hydroxyl groups excluding tert-OH is 1. The van der Waals surface area contributed by atoms with Gasteiger partial charge in [0.2, 0.25) is 0 Å². The lowest BCUT2D eigenvalue weighted by atomic mass is 9.92. The second kappa shape index (κ2) is 6.05. The first-order valence-corrected chi connectivity index (χ1v) is 7.17. The van der Waals surface area contributed by atoms with Crippen molar-refractivity contribution < 1.29 is 9.90 Å². The first kappa shape index (κ1) is 13.8. The molecule has 3 rings (SSSR count). The number of nitrogens with zero attached hydrogens (tertiary/aromatic N) is 3. The van der Waals surface area contributed by atoms with Crippen LogP contribution in [0.15, 0.2) is 37.1 Å². The molecule has 2 atom stereocenters. The van der Waals surface area contributed by atoms with Crippen molar-refractivity contribution in [3.8, 4) is 5.82 Å². The third kappa shape index (κ3) is 3.11. The average Bonchev–Trinajstić information content (AvgIpc) is 3.04. The van der Waals surface area contributed by atoms with Crippen LogP contribution < -0.4 is 5.32 Å². The Balaban J connectivity index is 1.67. The van der Waals surface area contributed by atoms with Crippen LogP contribution in [-0.2, 0) is 0 Å². The van der Waals surface area contributed by atoms with E-state index >= 15 is 0 Å². The van der Waals surface area contributed by atoms with E-state index in [1.54, 1.807) is 41.6 Å². The Bertz CT molecular complexity index is 595. The SMILES string of the molecule is O=C(NC1CCCCC1O)c1ccc(-n2ccnc2)nc1. The average molecular weight is 286 g/mol. The minimum atomic E-state index is -0.444. The maximum atomic E-state index is 12.2. The lowest BCUT2D eigenvalue weighted by Gasteiger charge is -2.28. The van der Waals surface area contributed by atoms with Gasteiger partial charge in [-0.05, 0) is 25.0 Å². The van der Waals surface area contributed by atoms with Gasteiger partial charge >= 0.3 is 0 Å². The zero-order valence-corrected chi connectivity index (χ0v) is 11.6. The van der Waals surface area contributed by atoms with Gasteiger partial charge in [-0.1, -0.05) is 12.8 Å². The molecular formula is C15H18N4O2. The van der Waals surface area contributed by atoms with Crippen LogP contribution >= 0.6 is 0 Å². The van der Waals surface area contributed by atoms with Crippen molar-refractivity contribution in [1.82, 2.24) is 19.9 Å². The van der Waals surface area contributed by atoms with Crippen molar-refractivity contribution in [3.63, 3.8) is 0 Å². The van der Waals surface area contributed by atoms with E-state index in [9.17, 15) is 9.90 Å². The molecule has 2 N–H and O–H groups in total. The molecule has 0 saturated heterocycles. The van der Waals surface area contributed by atoms with Gasteiger partial charge in [0.05, 0.1) is 17.7 Å². The molecule has 2 unspecified atom stereocenters. The summed E-state index contributed by atoms with van der Waals surface area (Å²) in [6.45, 7) is 0. The van der Waals surface area contributed by atoms with Crippen LogP contribution in [0.2, 0.25) is 0 Å². The topological polar surface area (TPSA) is 80.0 Å². The zero-order chi connectivity index (χ0) is 14.7. The predicted molar refractivity (Wildman–Crippen MR) is 77.1 cm³/mol. The second-order valence-electron chi connectivity index (χ2n) is 5.31. The van der Waals surface area contributed by atoms with Gasteiger partial charge < -0.3 is 10.4 Å². The van der Waals surface area contributed by atoms with E-state index in [4.69, 9.17) is 0 Å². The molecular weight excluding hydrogens is 268 g/mol. The zero-order valence-electron chi connectivity index (χ0n) is 11.6. The first-order valence-electron chi connectivity index (χ1n) is 7.17. The maximum absolute atomic E-state index is 12.2. The highest BCUT2D eigenvalue weighted by Gasteiger charge is 2.24. The summed E-state index contributed by atoms with van der Waals surface area (Å²) in [6, 6.07) is 3.35. The van der Waals surface area contributed by atoms with Crippen LogP contribution in [-0.4, -0.2) is 37.7 Å². The monoisotopic (exact) mass is 286 g/mol. The fourth-order valence-electron chi connectivity index (χ4n) is 2.60. The fourth-order valence-corrected chi connectivity index (χ4v) is 2.60. The fraction of sp³-hybridized carbons (Fsp3) is 0.400. The summed E-state index contributed by atoms with van der Waals surface area (Å²) in [4.78, 5) is 20.4. The highest BCUT2D eigenvalue weighted by molar-refractivity contribution is 5.94. The lowest BCUT2D eigenvalue weighted by Crippen LogP contribution is -2.45. The predicted octanol–water partition coefficient (Wildman–Crippen LogP) is 1.30. The summed E-state index contributed by atoms with van der Waals surface area (Å²) in [7, 11) is 0. The highest BCUT2D eigenvalue weighted by atomic mass is 16.3. The summed E-state index contributed by atoms with van der Waals surface area (Å²) in [5, 5.41) is 12.8. The molecule has 21 heavy (non-hydrogen) atoms. The van der Waals surface area contributed by atoms with Crippen molar-refractivity contribution >= 4 is 5.91 Å². The van der Waals surface area contributed by atoms with Crippen LogP contribution in [0.5, 0.6) is 0 Å². The summed E-state index contributed by atoms with van der Waals surface area (Å²) < 4.78 is 1.77. The number of amides is 1. The summed E-state index contributed by atoms with van der Waals surface area (Å²) in [5.41, 5.74) is 0.497. The lowest BCUT2D eigenvalue weighted by molar-refractivity contribution is 0.0717. The number of rotatable bonds is 3. The Morgan fingerprint density at radius 1 is 1.33 bits per heavy atom. The number of hydrogen-bond acceptors (Lipinski definition) is 4. The molecule has 0 radical (unpaired) electrons. The molecule has 1 saturated carbocycles. The Hall–Kier alpha value is -2.21. The van der Waals surface area contributed by atoms with Gasteiger partial charge in [0.25, 0.3) is 5.91 Å². The van der Waals surface area contributed by atoms with Gasteiger partial charge in [-0.3, -0.25) is 9.36 Å². The normalized spacial score (nSPS) is 22.0. The van der Waals surface area contributed by atoms with Gasteiger partial charge in [-0.2, -0.15) is 0 Å². The van der Waals surface area contributed by atoms with Gasteiger partial charge in [0, 0.05) is 18.6 Å².